The van der Waals surface area contributed by atoms with Crippen molar-refractivity contribution in [1.82, 2.24) is 0 Å². The van der Waals surface area contributed by atoms with Gasteiger partial charge in [-0.2, -0.15) is 0 Å². The summed E-state index contributed by atoms with van der Waals surface area (Å²) in [7, 11) is 0. The van der Waals surface area contributed by atoms with Gasteiger partial charge in [0.15, 0.2) is 5.79 Å². The molecule has 0 N–H and O–H groups in total. The van der Waals surface area contributed by atoms with Crippen LogP contribution >= 0.6 is 0 Å². The molecule has 3 nitrogen and oxygen atoms in total. The summed E-state index contributed by atoms with van der Waals surface area (Å²) in [4.78, 5) is 0. The standard InChI is InChI=1S/C9H18O3/c1-4-10-8-5-6-11-9(2,3)12-7-8/h8H,4-7H2,1-3H3. The fraction of sp³-hybridized carbons (Fsp3) is 1.00. The van der Waals surface area contributed by atoms with E-state index in [2.05, 4.69) is 0 Å². The molecule has 0 saturated carbocycles. The molecule has 1 unspecified atom stereocenters. The van der Waals surface area contributed by atoms with Gasteiger partial charge in [0, 0.05) is 6.61 Å². The molecule has 72 valence electrons. The van der Waals surface area contributed by atoms with Crippen molar-refractivity contribution in [2.75, 3.05) is 19.8 Å². The maximum Gasteiger partial charge on any atom is 0.162 e. The van der Waals surface area contributed by atoms with Crippen LogP contribution in [0.25, 0.3) is 0 Å². The molecular weight excluding hydrogens is 156 g/mol. The topological polar surface area (TPSA) is 27.7 Å². The maximum atomic E-state index is 5.51. The van der Waals surface area contributed by atoms with Crippen LogP contribution in [0.3, 0.4) is 0 Å². The molecule has 0 aromatic carbocycles. The van der Waals surface area contributed by atoms with Crippen molar-refractivity contribution >= 4 is 0 Å². The molecule has 0 aromatic heterocycles. The van der Waals surface area contributed by atoms with Crippen LogP contribution in [-0.4, -0.2) is 31.7 Å². The summed E-state index contributed by atoms with van der Waals surface area (Å²) in [6.45, 7) is 7.96. The van der Waals surface area contributed by atoms with Crippen LogP contribution in [0.15, 0.2) is 0 Å². The highest BCUT2D eigenvalue weighted by Gasteiger charge is 2.25. The van der Waals surface area contributed by atoms with Gasteiger partial charge in [0.25, 0.3) is 0 Å². The van der Waals surface area contributed by atoms with Gasteiger partial charge in [0.05, 0.1) is 19.3 Å². The first-order chi connectivity index (χ1) is 5.64. The molecule has 1 saturated heterocycles. The van der Waals surface area contributed by atoms with Crippen LogP contribution < -0.4 is 0 Å². The molecular formula is C9H18O3. The number of hydrogen-bond donors (Lipinski definition) is 0. The van der Waals surface area contributed by atoms with Crippen molar-refractivity contribution in [3.05, 3.63) is 0 Å². The van der Waals surface area contributed by atoms with Gasteiger partial charge in [0.1, 0.15) is 0 Å². The molecule has 0 amide bonds. The first-order valence-corrected chi connectivity index (χ1v) is 4.53. The van der Waals surface area contributed by atoms with Crippen molar-refractivity contribution in [1.29, 1.82) is 0 Å². The van der Waals surface area contributed by atoms with Gasteiger partial charge in [-0.3, -0.25) is 0 Å². The molecule has 1 aliphatic heterocycles. The Hall–Kier alpha value is -0.120. The second-order valence-electron chi connectivity index (χ2n) is 3.43. The zero-order valence-electron chi connectivity index (χ0n) is 8.13. The lowest BCUT2D eigenvalue weighted by Crippen LogP contribution is -2.28. The Morgan fingerprint density at radius 3 is 2.83 bits per heavy atom. The van der Waals surface area contributed by atoms with Crippen molar-refractivity contribution in [2.45, 2.75) is 39.1 Å². The normalized spacial score (nSPS) is 29.8. The molecule has 1 atom stereocenters. The summed E-state index contributed by atoms with van der Waals surface area (Å²) in [6.07, 6.45) is 1.13. The predicted molar refractivity (Wildman–Crippen MR) is 46.0 cm³/mol. The fourth-order valence-electron chi connectivity index (χ4n) is 1.22. The lowest BCUT2D eigenvalue weighted by molar-refractivity contribution is -0.204. The lowest BCUT2D eigenvalue weighted by atomic mass is 10.3. The molecule has 1 aliphatic rings. The Kier molecular flexibility index (Phi) is 3.50. The molecule has 0 aliphatic carbocycles. The van der Waals surface area contributed by atoms with E-state index in [4.69, 9.17) is 14.2 Å². The Morgan fingerprint density at radius 2 is 2.17 bits per heavy atom. The highest BCUT2D eigenvalue weighted by Crippen LogP contribution is 2.18. The summed E-state index contributed by atoms with van der Waals surface area (Å²) in [5.41, 5.74) is 0. The van der Waals surface area contributed by atoms with E-state index >= 15 is 0 Å². The predicted octanol–water partition coefficient (Wildman–Crippen LogP) is 1.56. The van der Waals surface area contributed by atoms with Crippen LogP contribution in [0, 0.1) is 0 Å². The zero-order valence-corrected chi connectivity index (χ0v) is 8.13. The monoisotopic (exact) mass is 174 g/mol. The summed E-state index contributed by atoms with van der Waals surface area (Å²) < 4.78 is 16.4. The smallest absolute Gasteiger partial charge is 0.162 e. The Bertz CT molecular complexity index is 134. The largest absolute Gasteiger partial charge is 0.376 e. The number of hydrogen-bond acceptors (Lipinski definition) is 3. The van der Waals surface area contributed by atoms with Crippen LogP contribution in [0.1, 0.15) is 27.2 Å². The molecule has 12 heavy (non-hydrogen) atoms. The number of rotatable bonds is 2. The first-order valence-electron chi connectivity index (χ1n) is 4.53. The Labute approximate surface area is 74.0 Å². The highest BCUT2D eigenvalue weighted by molar-refractivity contribution is 4.65. The fourth-order valence-corrected chi connectivity index (χ4v) is 1.22. The van der Waals surface area contributed by atoms with Crippen LogP contribution in [0.5, 0.6) is 0 Å². The van der Waals surface area contributed by atoms with Crippen molar-refractivity contribution in [2.24, 2.45) is 0 Å². The van der Waals surface area contributed by atoms with Gasteiger partial charge in [-0.05, 0) is 27.2 Å². The average molecular weight is 174 g/mol. The third-order valence-electron chi connectivity index (χ3n) is 1.91. The molecule has 1 fully saturated rings. The van der Waals surface area contributed by atoms with E-state index in [1.807, 2.05) is 20.8 Å². The van der Waals surface area contributed by atoms with Crippen LogP contribution in [0.4, 0.5) is 0 Å². The Balaban J connectivity index is 2.34. The molecule has 0 spiro atoms. The minimum atomic E-state index is -0.439. The molecule has 1 rings (SSSR count). The molecule has 0 radical (unpaired) electrons. The van der Waals surface area contributed by atoms with Crippen LogP contribution in [0.2, 0.25) is 0 Å². The van der Waals surface area contributed by atoms with Crippen LogP contribution in [-0.2, 0) is 14.2 Å². The van der Waals surface area contributed by atoms with E-state index in [0.717, 1.165) is 19.6 Å². The summed E-state index contributed by atoms with van der Waals surface area (Å²) in [5.74, 6) is -0.439. The third-order valence-corrected chi connectivity index (χ3v) is 1.91. The van der Waals surface area contributed by atoms with E-state index in [-0.39, 0.29) is 6.10 Å². The van der Waals surface area contributed by atoms with E-state index in [0.29, 0.717) is 6.61 Å². The maximum absolute atomic E-state index is 5.51. The van der Waals surface area contributed by atoms with Crippen molar-refractivity contribution in [3.8, 4) is 0 Å². The summed E-state index contributed by atoms with van der Waals surface area (Å²) in [6, 6.07) is 0. The molecule has 1 heterocycles. The van der Waals surface area contributed by atoms with Crippen molar-refractivity contribution < 1.29 is 14.2 Å². The third kappa shape index (κ3) is 3.09. The quantitative estimate of drug-likeness (QED) is 0.636. The van der Waals surface area contributed by atoms with Gasteiger partial charge in [-0.25, -0.2) is 0 Å². The second-order valence-corrected chi connectivity index (χ2v) is 3.43. The first kappa shape index (κ1) is 9.96. The highest BCUT2D eigenvalue weighted by atomic mass is 16.7. The number of ether oxygens (including phenoxy) is 3. The van der Waals surface area contributed by atoms with E-state index < -0.39 is 5.79 Å². The zero-order chi connectivity index (χ0) is 9.03. The van der Waals surface area contributed by atoms with Gasteiger partial charge in [-0.15, -0.1) is 0 Å². The lowest BCUT2D eigenvalue weighted by Gasteiger charge is -2.22. The Morgan fingerprint density at radius 1 is 1.42 bits per heavy atom. The summed E-state index contributed by atoms with van der Waals surface area (Å²) >= 11 is 0. The van der Waals surface area contributed by atoms with Gasteiger partial charge >= 0.3 is 0 Å². The van der Waals surface area contributed by atoms with E-state index in [9.17, 15) is 0 Å². The SMILES string of the molecule is CCOC1CCOC(C)(C)OC1. The van der Waals surface area contributed by atoms with Gasteiger partial charge < -0.3 is 14.2 Å². The van der Waals surface area contributed by atoms with Gasteiger partial charge in [0.2, 0.25) is 0 Å². The van der Waals surface area contributed by atoms with Gasteiger partial charge in [-0.1, -0.05) is 0 Å². The van der Waals surface area contributed by atoms with E-state index in [1.165, 1.54) is 0 Å². The molecule has 0 bridgehead atoms. The molecule has 3 heteroatoms. The average Bonchev–Trinajstić information content (AvgIpc) is 2.14. The molecule has 0 aromatic rings. The second kappa shape index (κ2) is 4.21. The minimum Gasteiger partial charge on any atom is -0.376 e. The summed E-state index contributed by atoms with van der Waals surface area (Å²) in [5, 5.41) is 0. The van der Waals surface area contributed by atoms with Crippen molar-refractivity contribution in [3.63, 3.8) is 0 Å². The van der Waals surface area contributed by atoms with E-state index in [1.54, 1.807) is 0 Å². The minimum absolute atomic E-state index is 0.205.